The standard InChI is InChI=1S/C40H30N4/c1-27-23-34(24-28(2)41-27)39-42-38(32-21-13-6-14-22-32)43-40(44-39)37-35(30-17-9-4-10-18-30)25-33(29-15-7-3-8-16-29)26-36(37)31-19-11-5-12-20-31/h3-26H,1-2H3. The van der Waals surface area contributed by atoms with E-state index in [4.69, 9.17) is 15.0 Å². The summed E-state index contributed by atoms with van der Waals surface area (Å²) in [5.41, 5.74) is 11.2. The van der Waals surface area contributed by atoms with Crippen LogP contribution in [0.25, 0.3) is 67.5 Å². The number of aryl methyl sites for hydroxylation is 2. The van der Waals surface area contributed by atoms with Gasteiger partial charge in [-0.15, -0.1) is 0 Å². The molecule has 0 saturated carbocycles. The molecule has 0 amide bonds. The Hall–Kier alpha value is -5.74. The molecule has 0 radical (unpaired) electrons. The first-order valence-corrected chi connectivity index (χ1v) is 14.7. The maximum atomic E-state index is 5.21. The largest absolute Gasteiger partial charge is 0.258 e. The van der Waals surface area contributed by atoms with E-state index in [-0.39, 0.29) is 0 Å². The van der Waals surface area contributed by atoms with E-state index in [0.29, 0.717) is 17.5 Å². The second kappa shape index (κ2) is 11.9. The molecule has 7 rings (SSSR count). The van der Waals surface area contributed by atoms with Crippen LogP contribution < -0.4 is 0 Å². The van der Waals surface area contributed by atoms with Gasteiger partial charge in [0.05, 0.1) is 0 Å². The number of pyridine rings is 1. The molecule has 44 heavy (non-hydrogen) atoms. The van der Waals surface area contributed by atoms with E-state index in [1.807, 2.05) is 74.5 Å². The van der Waals surface area contributed by atoms with Crippen LogP contribution >= 0.6 is 0 Å². The van der Waals surface area contributed by atoms with Crippen molar-refractivity contribution >= 4 is 0 Å². The first-order valence-electron chi connectivity index (χ1n) is 14.7. The highest BCUT2D eigenvalue weighted by atomic mass is 15.0. The number of nitrogens with zero attached hydrogens (tertiary/aromatic N) is 4. The molecule has 7 aromatic rings. The lowest BCUT2D eigenvalue weighted by Gasteiger charge is -2.19. The van der Waals surface area contributed by atoms with Crippen LogP contribution in [0.5, 0.6) is 0 Å². The van der Waals surface area contributed by atoms with Gasteiger partial charge < -0.3 is 0 Å². The summed E-state index contributed by atoms with van der Waals surface area (Å²) in [5, 5.41) is 0. The average molecular weight is 567 g/mol. The van der Waals surface area contributed by atoms with Crippen LogP contribution in [0, 0.1) is 13.8 Å². The van der Waals surface area contributed by atoms with E-state index in [1.54, 1.807) is 0 Å². The normalized spacial score (nSPS) is 11.0. The van der Waals surface area contributed by atoms with Crippen molar-refractivity contribution in [2.45, 2.75) is 13.8 Å². The molecule has 0 aliphatic heterocycles. The van der Waals surface area contributed by atoms with E-state index < -0.39 is 0 Å². The van der Waals surface area contributed by atoms with E-state index in [2.05, 4.69) is 89.9 Å². The van der Waals surface area contributed by atoms with Crippen molar-refractivity contribution in [2.75, 3.05) is 0 Å². The highest BCUT2D eigenvalue weighted by Gasteiger charge is 2.21. The zero-order valence-electron chi connectivity index (χ0n) is 24.6. The predicted molar refractivity (Wildman–Crippen MR) is 180 cm³/mol. The van der Waals surface area contributed by atoms with Crippen molar-refractivity contribution in [3.8, 4) is 67.5 Å². The molecule has 0 aliphatic rings. The molecule has 0 saturated heterocycles. The van der Waals surface area contributed by atoms with Gasteiger partial charge in [-0.1, -0.05) is 121 Å². The fourth-order valence-corrected chi connectivity index (χ4v) is 5.67. The van der Waals surface area contributed by atoms with Gasteiger partial charge in [0.1, 0.15) is 0 Å². The fourth-order valence-electron chi connectivity index (χ4n) is 5.67. The minimum Gasteiger partial charge on any atom is -0.258 e. The average Bonchev–Trinajstić information content (AvgIpc) is 3.08. The van der Waals surface area contributed by atoms with Crippen LogP contribution in [0.15, 0.2) is 146 Å². The van der Waals surface area contributed by atoms with Crippen LogP contribution in [0.3, 0.4) is 0 Å². The molecule has 0 unspecified atom stereocenters. The molecule has 4 nitrogen and oxygen atoms in total. The number of rotatable bonds is 6. The van der Waals surface area contributed by atoms with Gasteiger partial charge in [0.15, 0.2) is 17.5 Å². The maximum absolute atomic E-state index is 5.21. The monoisotopic (exact) mass is 566 g/mol. The number of aromatic nitrogens is 4. The minimum atomic E-state index is 0.618. The first kappa shape index (κ1) is 27.1. The number of hydrogen-bond acceptors (Lipinski definition) is 4. The molecule has 0 fully saturated rings. The molecule has 4 heteroatoms. The van der Waals surface area contributed by atoms with Crippen LogP contribution in [-0.2, 0) is 0 Å². The lowest BCUT2D eigenvalue weighted by atomic mass is 9.87. The highest BCUT2D eigenvalue weighted by Crippen LogP contribution is 2.43. The van der Waals surface area contributed by atoms with Crippen LogP contribution in [-0.4, -0.2) is 19.9 Å². The molecule has 2 aromatic heterocycles. The van der Waals surface area contributed by atoms with E-state index >= 15 is 0 Å². The molecular formula is C40H30N4. The van der Waals surface area contributed by atoms with Crippen LogP contribution in [0.4, 0.5) is 0 Å². The fraction of sp³-hybridized carbons (Fsp3) is 0.0500. The molecule has 210 valence electrons. The third-order valence-electron chi connectivity index (χ3n) is 7.65. The van der Waals surface area contributed by atoms with Gasteiger partial charge in [-0.2, -0.15) is 0 Å². The van der Waals surface area contributed by atoms with Crippen LogP contribution in [0.1, 0.15) is 11.4 Å². The summed E-state index contributed by atoms with van der Waals surface area (Å²) >= 11 is 0. The molecule has 0 spiro atoms. The van der Waals surface area contributed by atoms with E-state index in [1.165, 1.54) is 0 Å². The summed E-state index contributed by atoms with van der Waals surface area (Å²) in [6, 6.07) is 50.2. The van der Waals surface area contributed by atoms with Crippen molar-refractivity contribution in [1.29, 1.82) is 0 Å². The first-order chi connectivity index (χ1) is 21.6. The van der Waals surface area contributed by atoms with Gasteiger partial charge in [-0.25, -0.2) is 15.0 Å². The molecule has 0 atom stereocenters. The van der Waals surface area contributed by atoms with E-state index in [9.17, 15) is 0 Å². The van der Waals surface area contributed by atoms with Crippen molar-refractivity contribution in [2.24, 2.45) is 0 Å². The topological polar surface area (TPSA) is 51.6 Å². The van der Waals surface area contributed by atoms with Crippen molar-refractivity contribution in [1.82, 2.24) is 19.9 Å². The van der Waals surface area contributed by atoms with Gasteiger partial charge in [-0.3, -0.25) is 4.98 Å². The Morgan fingerprint density at radius 2 is 0.705 bits per heavy atom. The lowest BCUT2D eigenvalue weighted by Crippen LogP contribution is -2.03. The van der Waals surface area contributed by atoms with Gasteiger partial charge in [0.25, 0.3) is 0 Å². The molecular weight excluding hydrogens is 536 g/mol. The Morgan fingerprint density at radius 3 is 1.18 bits per heavy atom. The Bertz CT molecular complexity index is 1980. The SMILES string of the molecule is Cc1cc(-c2nc(-c3ccccc3)nc(-c3c(-c4ccccc4)cc(-c4ccccc4)cc3-c3ccccc3)n2)cc(C)n1. The predicted octanol–water partition coefficient (Wildman–Crippen LogP) is 9.89. The molecule has 2 heterocycles. The third kappa shape index (κ3) is 5.53. The molecule has 5 aromatic carbocycles. The quantitative estimate of drug-likeness (QED) is 0.201. The summed E-state index contributed by atoms with van der Waals surface area (Å²) in [7, 11) is 0. The van der Waals surface area contributed by atoms with Crippen molar-refractivity contribution < 1.29 is 0 Å². The van der Waals surface area contributed by atoms with Crippen molar-refractivity contribution in [3.05, 3.63) is 157 Å². The Morgan fingerprint density at radius 1 is 0.318 bits per heavy atom. The zero-order chi connectivity index (χ0) is 29.9. The highest BCUT2D eigenvalue weighted by molar-refractivity contribution is 5.96. The summed E-state index contributed by atoms with van der Waals surface area (Å²) in [5.74, 6) is 1.87. The van der Waals surface area contributed by atoms with Gasteiger partial charge in [0, 0.05) is 28.1 Å². The van der Waals surface area contributed by atoms with Gasteiger partial charge in [0.2, 0.25) is 0 Å². The summed E-state index contributed by atoms with van der Waals surface area (Å²) in [6.07, 6.45) is 0. The maximum Gasteiger partial charge on any atom is 0.165 e. The van der Waals surface area contributed by atoms with Gasteiger partial charge >= 0.3 is 0 Å². The molecule has 0 bridgehead atoms. The molecule has 0 N–H and O–H groups in total. The second-order valence-corrected chi connectivity index (χ2v) is 10.9. The van der Waals surface area contributed by atoms with Gasteiger partial charge in [-0.05, 0) is 71.5 Å². The zero-order valence-corrected chi connectivity index (χ0v) is 24.6. The number of benzene rings is 5. The third-order valence-corrected chi connectivity index (χ3v) is 7.65. The Balaban J connectivity index is 1.58. The van der Waals surface area contributed by atoms with E-state index in [0.717, 1.165) is 61.5 Å². The second-order valence-electron chi connectivity index (χ2n) is 10.9. The van der Waals surface area contributed by atoms with Crippen molar-refractivity contribution in [3.63, 3.8) is 0 Å². The summed E-state index contributed by atoms with van der Waals surface area (Å²) in [4.78, 5) is 20.0. The Labute approximate surface area is 257 Å². The summed E-state index contributed by atoms with van der Waals surface area (Å²) in [6.45, 7) is 4.00. The Kier molecular flexibility index (Phi) is 7.31. The van der Waals surface area contributed by atoms with Crippen LogP contribution in [0.2, 0.25) is 0 Å². The smallest absolute Gasteiger partial charge is 0.165 e. The molecule has 0 aliphatic carbocycles. The lowest BCUT2D eigenvalue weighted by molar-refractivity contribution is 1.06. The number of hydrogen-bond donors (Lipinski definition) is 0. The summed E-state index contributed by atoms with van der Waals surface area (Å²) < 4.78 is 0. The minimum absolute atomic E-state index is 0.618.